The summed E-state index contributed by atoms with van der Waals surface area (Å²) < 4.78 is 29.1. The van der Waals surface area contributed by atoms with Gasteiger partial charge in [0, 0.05) is 13.2 Å². The van der Waals surface area contributed by atoms with E-state index in [1.165, 1.54) is 107 Å². The normalized spacial score (nSPS) is 11.5. The number of alkyl halides is 1. The van der Waals surface area contributed by atoms with Crippen molar-refractivity contribution in [1.82, 2.24) is 0 Å². The number of halogens is 1. The zero-order chi connectivity index (χ0) is 25.3. The van der Waals surface area contributed by atoms with E-state index < -0.39 is 0 Å². The Labute approximate surface area is 232 Å². The Morgan fingerprint density at radius 1 is 0.314 bits per heavy atom. The van der Waals surface area contributed by atoms with Crippen LogP contribution in [0.1, 0.15) is 116 Å². The Morgan fingerprint density at radius 3 is 0.886 bits per heavy atom. The Morgan fingerprint density at radius 2 is 0.571 bits per heavy atom. The molecule has 0 aromatic heterocycles. The Bertz CT molecular complexity index is 328. The Kier molecular flexibility index (Phi) is 35.1. The van der Waals surface area contributed by atoms with E-state index in [9.17, 15) is 0 Å². The maximum absolute atomic E-state index is 5.66. The molecule has 0 aromatic rings. The quantitative estimate of drug-likeness (QED) is 0.0435. The van der Waals surface area contributed by atoms with Gasteiger partial charge >= 0.3 is 0 Å². The van der Waals surface area contributed by atoms with E-state index in [2.05, 4.69) is 29.5 Å². The molecule has 0 spiro atoms. The number of hydrogen-bond acceptors (Lipinski definition) is 5. The van der Waals surface area contributed by atoms with Crippen LogP contribution in [0.5, 0.6) is 0 Å². The molecule has 0 aliphatic carbocycles. The highest BCUT2D eigenvalue weighted by Gasteiger charge is 1.96. The van der Waals surface area contributed by atoms with Gasteiger partial charge in [-0.25, -0.2) is 0 Å². The van der Waals surface area contributed by atoms with E-state index in [1.54, 1.807) is 0 Å². The molecule has 0 rings (SSSR count). The van der Waals surface area contributed by atoms with Crippen molar-refractivity contribution in [3.05, 3.63) is 0 Å². The minimum atomic E-state index is 0.606. The van der Waals surface area contributed by atoms with Gasteiger partial charge in [-0.3, -0.25) is 0 Å². The highest BCUT2D eigenvalue weighted by atomic mass is 127. The summed E-state index contributed by atoms with van der Waals surface area (Å²) >= 11 is 2.43. The van der Waals surface area contributed by atoms with Crippen LogP contribution in [0.3, 0.4) is 0 Å². The number of hydrogen-bond donors (Lipinski definition) is 0. The van der Waals surface area contributed by atoms with Crippen molar-refractivity contribution in [3.8, 4) is 0 Å². The van der Waals surface area contributed by atoms with E-state index in [1.807, 2.05) is 0 Å². The molecule has 6 heteroatoms. The van der Waals surface area contributed by atoms with Crippen molar-refractivity contribution in [2.45, 2.75) is 116 Å². The van der Waals surface area contributed by atoms with E-state index in [0.29, 0.717) is 52.9 Å². The second-order valence-corrected chi connectivity index (χ2v) is 10.5. The van der Waals surface area contributed by atoms with Gasteiger partial charge in [-0.1, -0.05) is 119 Å². The molecule has 0 atom stereocenters. The van der Waals surface area contributed by atoms with E-state index in [-0.39, 0.29) is 0 Å². The molecule has 0 aliphatic heterocycles. The fourth-order valence-electron chi connectivity index (χ4n) is 3.86. The summed E-state index contributed by atoms with van der Waals surface area (Å²) in [5.41, 5.74) is 0. The lowest BCUT2D eigenvalue weighted by molar-refractivity contribution is -0.0114. The van der Waals surface area contributed by atoms with E-state index >= 15 is 0 Å². The maximum Gasteiger partial charge on any atom is 0.0701 e. The molecule has 0 radical (unpaired) electrons. The third kappa shape index (κ3) is 34.5. The van der Waals surface area contributed by atoms with Gasteiger partial charge in [-0.15, -0.1) is 0 Å². The highest BCUT2D eigenvalue weighted by molar-refractivity contribution is 14.1. The SMILES string of the molecule is CCCCCCCCCCCCCCCOCCOCCOCCOCCOCCCCCCI. The van der Waals surface area contributed by atoms with E-state index in [0.717, 1.165) is 19.6 Å². The fourth-order valence-corrected chi connectivity index (χ4v) is 4.40. The standard InChI is InChI=1S/C29H59IO5/c1-2-3-4-5-6-7-8-9-10-11-12-14-17-20-31-22-24-33-26-28-35-29-27-34-25-23-32-21-18-15-13-16-19-30/h2-29H2,1H3. The van der Waals surface area contributed by atoms with Crippen molar-refractivity contribution in [2.24, 2.45) is 0 Å². The molecular formula is C29H59IO5. The Hall–Kier alpha value is 0.530. The van der Waals surface area contributed by atoms with Crippen LogP contribution in [0.15, 0.2) is 0 Å². The highest BCUT2D eigenvalue weighted by Crippen LogP contribution is 2.12. The lowest BCUT2D eigenvalue weighted by Gasteiger charge is -2.08. The predicted molar refractivity (Wildman–Crippen MR) is 157 cm³/mol. The molecular weight excluding hydrogens is 555 g/mol. The summed E-state index contributed by atoms with van der Waals surface area (Å²) in [5, 5.41) is 0. The van der Waals surface area contributed by atoms with Crippen LogP contribution in [0, 0.1) is 0 Å². The molecule has 0 saturated carbocycles. The summed E-state index contributed by atoms with van der Waals surface area (Å²) in [4.78, 5) is 0. The van der Waals surface area contributed by atoms with Crippen LogP contribution in [-0.4, -0.2) is 70.5 Å². The maximum atomic E-state index is 5.66. The van der Waals surface area contributed by atoms with Crippen LogP contribution in [-0.2, 0) is 23.7 Å². The second-order valence-electron chi connectivity index (χ2n) is 9.41. The van der Waals surface area contributed by atoms with Crippen molar-refractivity contribution < 1.29 is 23.7 Å². The lowest BCUT2D eigenvalue weighted by atomic mass is 10.0. The van der Waals surface area contributed by atoms with Crippen LogP contribution >= 0.6 is 22.6 Å². The molecule has 0 amide bonds. The van der Waals surface area contributed by atoms with Crippen LogP contribution < -0.4 is 0 Å². The molecule has 0 N–H and O–H groups in total. The first-order valence-corrected chi connectivity index (χ1v) is 16.4. The molecule has 5 nitrogen and oxygen atoms in total. The smallest absolute Gasteiger partial charge is 0.0701 e. The van der Waals surface area contributed by atoms with Gasteiger partial charge in [-0.05, 0) is 23.7 Å². The average molecular weight is 615 g/mol. The van der Waals surface area contributed by atoms with Gasteiger partial charge < -0.3 is 23.7 Å². The Balaban J connectivity index is 3.00. The first-order chi connectivity index (χ1) is 17.4. The third-order valence-electron chi connectivity index (χ3n) is 6.05. The van der Waals surface area contributed by atoms with Crippen LogP contribution in [0.25, 0.3) is 0 Å². The van der Waals surface area contributed by atoms with Crippen molar-refractivity contribution in [3.63, 3.8) is 0 Å². The summed E-state index contributed by atoms with van der Waals surface area (Å²) in [6.45, 7) is 9.08. The second kappa shape index (κ2) is 34.5. The van der Waals surface area contributed by atoms with Gasteiger partial charge in [0.15, 0.2) is 0 Å². The molecule has 0 bridgehead atoms. The van der Waals surface area contributed by atoms with Crippen LogP contribution in [0.4, 0.5) is 0 Å². The molecule has 0 fully saturated rings. The van der Waals surface area contributed by atoms with Gasteiger partial charge in [0.1, 0.15) is 0 Å². The number of rotatable bonds is 32. The average Bonchev–Trinajstić information content (AvgIpc) is 2.87. The van der Waals surface area contributed by atoms with Crippen molar-refractivity contribution in [1.29, 1.82) is 0 Å². The third-order valence-corrected chi connectivity index (χ3v) is 6.82. The van der Waals surface area contributed by atoms with Gasteiger partial charge in [0.05, 0.1) is 52.9 Å². The topological polar surface area (TPSA) is 46.2 Å². The summed E-state index contributed by atoms with van der Waals surface area (Å²) in [6.07, 6.45) is 23.0. The predicted octanol–water partition coefficient (Wildman–Crippen LogP) is 8.16. The van der Waals surface area contributed by atoms with Gasteiger partial charge in [-0.2, -0.15) is 0 Å². The molecule has 0 aliphatic rings. The van der Waals surface area contributed by atoms with Crippen LogP contribution in [0.2, 0.25) is 0 Å². The fraction of sp³-hybridized carbons (Fsp3) is 1.00. The summed E-state index contributed by atoms with van der Waals surface area (Å²) in [7, 11) is 0. The van der Waals surface area contributed by atoms with Crippen molar-refractivity contribution >= 4 is 22.6 Å². The molecule has 35 heavy (non-hydrogen) atoms. The van der Waals surface area contributed by atoms with Crippen molar-refractivity contribution in [2.75, 3.05) is 70.5 Å². The number of unbranched alkanes of at least 4 members (excludes halogenated alkanes) is 15. The van der Waals surface area contributed by atoms with Gasteiger partial charge in [0.2, 0.25) is 0 Å². The molecule has 0 aromatic carbocycles. The first-order valence-electron chi connectivity index (χ1n) is 14.9. The minimum absolute atomic E-state index is 0.606. The van der Waals surface area contributed by atoms with E-state index in [4.69, 9.17) is 23.7 Å². The molecule has 0 saturated heterocycles. The first kappa shape index (κ1) is 35.5. The monoisotopic (exact) mass is 614 g/mol. The molecule has 0 heterocycles. The molecule has 0 unspecified atom stereocenters. The zero-order valence-electron chi connectivity index (χ0n) is 23.2. The lowest BCUT2D eigenvalue weighted by Crippen LogP contribution is -2.13. The molecule has 212 valence electrons. The summed E-state index contributed by atoms with van der Waals surface area (Å²) in [5.74, 6) is 0. The summed E-state index contributed by atoms with van der Waals surface area (Å²) in [6, 6.07) is 0. The minimum Gasteiger partial charge on any atom is -0.379 e. The largest absolute Gasteiger partial charge is 0.379 e. The zero-order valence-corrected chi connectivity index (χ0v) is 25.4. The number of ether oxygens (including phenoxy) is 5. The van der Waals surface area contributed by atoms with Gasteiger partial charge in [0.25, 0.3) is 0 Å².